The lowest BCUT2D eigenvalue weighted by molar-refractivity contribution is 0.0546. The van der Waals surface area contributed by atoms with Gasteiger partial charge in [0.05, 0.1) is 16.8 Å². The number of nitrogens with zero attached hydrogens (tertiary/aromatic N) is 2. The summed E-state index contributed by atoms with van der Waals surface area (Å²) < 4.78 is 5.73. The monoisotopic (exact) mass is 332 g/mol. The second-order valence-corrected chi connectivity index (χ2v) is 6.76. The van der Waals surface area contributed by atoms with Gasteiger partial charge in [-0.25, -0.2) is 4.98 Å². The minimum Gasteiger partial charge on any atom is -0.487 e. The average Bonchev–Trinajstić information content (AvgIpc) is 2.99. The molecule has 122 valence electrons. The lowest BCUT2D eigenvalue weighted by atomic mass is 10.1. The lowest BCUT2D eigenvalue weighted by Gasteiger charge is -2.29. The summed E-state index contributed by atoms with van der Waals surface area (Å²) in [6.07, 6.45) is 1.01. The van der Waals surface area contributed by atoms with E-state index in [1.54, 1.807) is 28.4 Å². The maximum Gasteiger partial charge on any atom is 0.253 e. The van der Waals surface area contributed by atoms with Crippen LogP contribution in [0.2, 0.25) is 0 Å². The van der Waals surface area contributed by atoms with E-state index < -0.39 is 0 Å². The van der Waals surface area contributed by atoms with Crippen LogP contribution in [0.15, 0.2) is 29.6 Å². The molecule has 0 bridgehead atoms. The molecule has 1 aromatic carbocycles. The minimum absolute atomic E-state index is 0.00754. The fourth-order valence-corrected chi connectivity index (χ4v) is 3.20. The van der Waals surface area contributed by atoms with Crippen LogP contribution in [0.25, 0.3) is 0 Å². The van der Waals surface area contributed by atoms with Crippen LogP contribution in [0.4, 0.5) is 0 Å². The molecule has 1 amide bonds. The van der Waals surface area contributed by atoms with Crippen molar-refractivity contribution in [3.05, 3.63) is 45.9 Å². The van der Waals surface area contributed by atoms with Crippen molar-refractivity contribution < 1.29 is 14.6 Å². The summed E-state index contributed by atoms with van der Waals surface area (Å²) in [5, 5.41) is 12.5. The molecular weight excluding hydrogens is 312 g/mol. The fraction of sp³-hybridized carbons (Fsp3) is 0.412. The molecule has 0 unspecified atom stereocenters. The molecule has 1 N–H and O–H groups in total. The highest BCUT2D eigenvalue weighted by atomic mass is 32.1. The van der Waals surface area contributed by atoms with E-state index in [4.69, 9.17) is 4.74 Å². The van der Waals surface area contributed by atoms with E-state index in [9.17, 15) is 9.90 Å². The van der Waals surface area contributed by atoms with Crippen molar-refractivity contribution in [2.75, 3.05) is 13.1 Å². The van der Waals surface area contributed by atoms with Gasteiger partial charge < -0.3 is 14.7 Å². The molecule has 0 atom stereocenters. The third kappa shape index (κ3) is 4.09. The Bertz CT molecular complexity index is 678. The van der Waals surface area contributed by atoms with Gasteiger partial charge in [-0.2, -0.15) is 0 Å². The van der Waals surface area contributed by atoms with Gasteiger partial charge in [0.2, 0.25) is 0 Å². The summed E-state index contributed by atoms with van der Waals surface area (Å²) in [6.45, 7) is 3.56. The zero-order valence-electron chi connectivity index (χ0n) is 13.1. The first kappa shape index (κ1) is 16.0. The Labute approximate surface area is 139 Å². The molecule has 0 spiro atoms. The zero-order valence-corrected chi connectivity index (χ0v) is 13.9. The number of aromatic nitrogens is 1. The summed E-state index contributed by atoms with van der Waals surface area (Å²) in [6, 6.07) is 7.24. The van der Waals surface area contributed by atoms with E-state index in [2.05, 4.69) is 4.98 Å². The lowest BCUT2D eigenvalue weighted by Crippen LogP contribution is -2.40. The second kappa shape index (κ2) is 7.10. The number of aryl methyl sites for hydroxylation is 1. The van der Waals surface area contributed by atoms with Gasteiger partial charge in [-0.15, -0.1) is 11.3 Å². The molecule has 1 fully saturated rings. The average molecular weight is 332 g/mol. The van der Waals surface area contributed by atoms with Crippen LogP contribution in [0.3, 0.4) is 0 Å². The van der Waals surface area contributed by atoms with Gasteiger partial charge in [0.1, 0.15) is 12.4 Å². The van der Waals surface area contributed by atoms with Crippen molar-refractivity contribution in [2.24, 2.45) is 0 Å². The fourth-order valence-electron chi connectivity index (χ4n) is 2.60. The van der Waals surface area contributed by atoms with E-state index in [0.717, 1.165) is 10.7 Å². The SMILES string of the molecule is Cc1nc(COc2cccc(C(=O)N3CCC(O)CC3)c2)cs1. The van der Waals surface area contributed by atoms with Crippen LogP contribution in [-0.4, -0.2) is 40.1 Å². The molecule has 3 rings (SSSR count). The quantitative estimate of drug-likeness (QED) is 0.935. The molecule has 1 aliphatic heterocycles. The molecule has 0 saturated carbocycles. The molecule has 2 aromatic rings. The van der Waals surface area contributed by atoms with Crippen molar-refractivity contribution in [1.29, 1.82) is 0 Å². The Morgan fingerprint density at radius 1 is 1.43 bits per heavy atom. The molecule has 1 aromatic heterocycles. The van der Waals surface area contributed by atoms with E-state index in [1.807, 2.05) is 24.4 Å². The van der Waals surface area contributed by atoms with Crippen molar-refractivity contribution in [1.82, 2.24) is 9.88 Å². The summed E-state index contributed by atoms with van der Waals surface area (Å²) >= 11 is 1.59. The number of piperidine rings is 1. The standard InChI is InChI=1S/C17H20N2O3S/c1-12-18-14(11-23-12)10-22-16-4-2-3-13(9-16)17(21)19-7-5-15(20)6-8-19/h2-4,9,11,15,20H,5-8,10H2,1H3. The topological polar surface area (TPSA) is 62.7 Å². The van der Waals surface area contributed by atoms with Crippen LogP contribution >= 0.6 is 11.3 Å². The van der Waals surface area contributed by atoms with Crippen molar-refractivity contribution in [2.45, 2.75) is 32.5 Å². The molecule has 6 heteroatoms. The van der Waals surface area contributed by atoms with E-state index in [1.165, 1.54) is 0 Å². The third-order valence-corrected chi connectivity index (χ3v) is 4.71. The highest BCUT2D eigenvalue weighted by molar-refractivity contribution is 7.09. The van der Waals surface area contributed by atoms with Crippen molar-refractivity contribution >= 4 is 17.2 Å². The predicted octanol–water partition coefficient (Wildman–Crippen LogP) is 2.63. The number of amides is 1. The number of aliphatic hydroxyl groups excluding tert-OH is 1. The molecule has 5 nitrogen and oxygen atoms in total. The molecule has 1 saturated heterocycles. The Kier molecular flexibility index (Phi) is 4.93. The van der Waals surface area contributed by atoms with Gasteiger partial charge in [0.25, 0.3) is 5.91 Å². The normalized spacial score (nSPS) is 15.7. The first-order valence-corrected chi connectivity index (χ1v) is 8.61. The molecule has 2 heterocycles. The summed E-state index contributed by atoms with van der Waals surface area (Å²) in [5.74, 6) is 0.658. The highest BCUT2D eigenvalue weighted by Crippen LogP contribution is 2.19. The number of carbonyl (C=O) groups excluding carboxylic acids is 1. The predicted molar refractivity (Wildman–Crippen MR) is 88.8 cm³/mol. The molecule has 1 aliphatic rings. The van der Waals surface area contributed by atoms with Gasteiger partial charge in [-0.1, -0.05) is 6.07 Å². The number of benzene rings is 1. The zero-order chi connectivity index (χ0) is 16.2. The number of ether oxygens (including phenoxy) is 1. The number of hydrogen-bond acceptors (Lipinski definition) is 5. The van der Waals surface area contributed by atoms with Gasteiger partial charge in [-0.3, -0.25) is 4.79 Å². The Balaban J connectivity index is 1.63. The number of hydrogen-bond donors (Lipinski definition) is 1. The third-order valence-electron chi connectivity index (χ3n) is 3.89. The van der Waals surface area contributed by atoms with Crippen molar-refractivity contribution in [3.63, 3.8) is 0 Å². The first-order chi connectivity index (χ1) is 11.1. The first-order valence-electron chi connectivity index (χ1n) is 7.73. The minimum atomic E-state index is -0.282. The molecule has 0 aliphatic carbocycles. The Morgan fingerprint density at radius 3 is 2.91 bits per heavy atom. The molecule has 23 heavy (non-hydrogen) atoms. The van der Waals surface area contributed by atoms with Crippen molar-refractivity contribution in [3.8, 4) is 5.75 Å². The van der Waals surface area contributed by atoms with Crippen LogP contribution in [0, 0.1) is 6.92 Å². The van der Waals surface area contributed by atoms with E-state index in [-0.39, 0.29) is 12.0 Å². The Hall–Kier alpha value is -1.92. The van der Waals surface area contributed by atoms with Crippen LogP contribution in [0.5, 0.6) is 5.75 Å². The molecule has 0 radical (unpaired) electrons. The van der Waals surface area contributed by atoms with Gasteiger partial charge >= 0.3 is 0 Å². The maximum absolute atomic E-state index is 12.5. The van der Waals surface area contributed by atoms with E-state index >= 15 is 0 Å². The van der Waals surface area contributed by atoms with Crippen LogP contribution in [0.1, 0.15) is 33.9 Å². The second-order valence-electron chi connectivity index (χ2n) is 5.70. The number of carbonyl (C=O) groups is 1. The van der Waals surface area contributed by atoms with Gasteiger partial charge in [0.15, 0.2) is 0 Å². The van der Waals surface area contributed by atoms with Crippen LogP contribution < -0.4 is 4.74 Å². The number of rotatable bonds is 4. The van der Waals surface area contributed by atoms with Gasteiger partial charge in [0, 0.05) is 24.0 Å². The highest BCUT2D eigenvalue weighted by Gasteiger charge is 2.22. The Morgan fingerprint density at radius 2 is 2.22 bits per heavy atom. The smallest absolute Gasteiger partial charge is 0.253 e. The van der Waals surface area contributed by atoms with Crippen LogP contribution in [-0.2, 0) is 6.61 Å². The number of likely N-dealkylation sites (tertiary alicyclic amines) is 1. The molecular formula is C17H20N2O3S. The number of thiazole rings is 1. The maximum atomic E-state index is 12.5. The van der Waals surface area contributed by atoms with E-state index in [0.29, 0.717) is 43.9 Å². The van der Waals surface area contributed by atoms with Gasteiger partial charge in [-0.05, 0) is 38.0 Å². The summed E-state index contributed by atoms with van der Waals surface area (Å²) in [4.78, 5) is 18.7. The summed E-state index contributed by atoms with van der Waals surface area (Å²) in [7, 11) is 0. The number of aliphatic hydroxyl groups is 1. The largest absolute Gasteiger partial charge is 0.487 e. The summed E-state index contributed by atoms with van der Waals surface area (Å²) in [5.41, 5.74) is 1.52.